The van der Waals surface area contributed by atoms with E-state index in [2.05, 4.69) is 25.4 Å². The van der Waals surface area contributed by atoms with Gasteiger partial charge in [0.1, 0.15) is 16.7 Å². The molecule has 0 spiro atoms. The first-order valence-electron chi connectivity index (χ1n) is 8.33. The number of hydrogen-bond acceptors (Lipinski definition) is 5. The predicted molar refractivity (Wildman–Crippen MR) is 98.6 cm³/mol. The van der Waals surface area contributed by atoms with E-state index in [1.54, 1.807) is 24.5 Å². The Labute approximate surface area is 149 Å². The molecule has 4 aromatic heterocycles. The van der Waals surface area contributed by atoms with Crippen molar-refractivity contribution >= 4 is 22.4 Å². The first-order valence-corrected chi connectivity index (χ1v) is 8.33. The number of aryl methyl sites for hydroxylation is 2. The summed E-state index contributed by atoms with van der Waals surface area (Å²) in [6, 6.07) is 8.50. The highest BCUT2D eigenvalue weighted by Crippen LogP contribution is 2.26. The normalized spacial score (nSPS) is 11.0. The third-order valence-corrected chi connectivity index (χ3v) is 4.04. The minimum absolute atomic E-state index is 0.240. The number of hydrogen-bond donors (Lipinski definition) is 1. The highest BCUT2D eigenvalue weighted by atomic mass is 19.1. The molecule has 0 bridgehead atoms. The van der Waals surface area contributed by atoms with E-state index in [1.807, 2.05) is 36.9 Å². The van der Waals surface area contributed by atoms with Crippen molar-refractivity contribution in [2.75, 3.05) is 5.32 Å². The van der Waals surface area contributed by atoms with Crippen LogP contribution < -0.4 is 5.32 Å². The Bertz CT molecular complexity index is 1090. The molecule has 130 valence electrons. The van der Waals surface area contributed by atoms with Crippen molar-refractivity contribution in [1.82, 2.24) is 24.7 Å². The Kier molecular flexibility index (Phi) is 4.04. The van der Waals surface area contributed by atoms with Crippen molar-refractivity contribution in [3.63, 3.8) is 0 Å². The lowest BCUT2D eigenvalue weighted by Crippen LogP contribution is -1.97. The van der Waals surface area contributed by atoms with Crippen LogP contribution in [0.5, 0.6) is 0 Å². The maximum absolute atomic E-state index is 14.1. The highest BCUT2D eigenvalue weighted by Gasteiger charge is 2.11. The van der Waals surface area contributed by atoms with Gasteiger partial charge in [0, 0.05) is 30.3 Å². The average Bonchev–Trinajstić information content (AvgIpc) is 3.08. The number of halogens is 1. The van der Waals surface area contributed by atoms with Crippen LogP contribution in [-0.4, -0.2) is 24.7 Å². The number of fused-ring (bicyclic) bond motifs is 1. The topological polar surface area (TPSA) is 68.5 Å². The maximum atomic E-state index is 14.1. The van der Waals surface area contributed by atoms with Crippen LogP contribution in [0.4, 0.5) is 15.8 Å². The number of aromatic nitrogens is 5. The van der Waals surface area contributed by atoms with Gasteiger partial charge in [-0.1, -0.05) is 0 Å². The van der Waals surface area contributed by atoms with Crippen LogP contribution in [0.2, 0.25) is 0 Å². The molecule has 7 heteroatoms. The van der Waals surface area contributed by atoms with Crippen LogP contribution >= 0.6 is 0 Å². The van der Waals surface area contributed by atoms with Gasteiger partial charge in [-0.3, -0.25) is 14.6 Å². The van der Waals surface area contributed by atoms with Gasteiger partial charge in [-0.05, 0) is 44.2 Å². The summed E-state index contributed by atoms with van der Waals surface area (Å²) in [5.41, 5.74) is 4.66. The smallest absolute Gasteiger partial charge is 0.151 e. The summed E-state index contributed by atoms with van der Waals surface area (Å²) >= 11 is 0. The van der Waals surface area contributed by atoms with E-state index in [0.717, 1.165) is 34.6 Å². The first-order chi connectivity index (χ1) is 12.6. The van der Waals surface area contributed by atoms with Crippen LogP contribution in [0, 0.1) is 12.7 Å². The molecule has 0 aliphatic rings. The van der Waals surface area contributed by atoms with Gasteiger partial charge in [-0.2, -0.15) is 5.10 Å². The zero-order valence-electron chi connectivity index (χ0n) is 14.4. The second kappa shape index (κ2) is 6.51. The van der Waals surface area contributed by atoms with Gasteiger partial charge in [-0.15, -0.1) is 0 Å². The summed E-state index contributed by atoms with van der Waals surface area (Å²) in [6.45, 7) is 4.62. The number of nitrogens with zero attached hydrogens (tertiary/aromatic N) is 5. The molecular weight excluding hydrogens is 331 g/mol. The highest BCUT2D eigenvalue weighted by molar-refractivity contribution is 5.89. The standard InChI is InChI=1S/C19H17FN6/c1-3-26-11-17-19(25-26)15(7-9-22-17)24-13-6-8-21-16(10-13)18-14(20)5-4-12(2)23-18/h4-11H,3H2,1-2H3,(H,21,24). The second-order valence-electron chi connectivity index (χ2n) is 5.91. The molecule has 4 heterocycles. The summed E-state index contributed by atoms with van der Waals surface area (Å²) in [6.07, 6.45) is 5.27. The van der Waals surface area contributed by atoms with Crippen molar-refractivity contribution in [3.05, 3.63) is 60.4 Å². The lowest BCUT2D eigenvalue weighted by molar-refractivity contribution is 0.624. The van der Waals surface area contributed by atoms with Gasteiger partial charge >= 0.3 is 0 Å². The number of anilines is 2. The van der Waals surface area contributed by atoms with E-state index in [1.165, 1.54) is 6.07 Å². The second-order valence-corrected chi connectivity index (χ2v) is 5.91. The van der Waals surface area contributed by atoms with E-state index in [9.17, 15) is 4.39 Å². The molecule has 0 aliphatic carbocycles. The molecule has 4 rings (SSSR count). The fourth-order valence-corrected chi connectivity index (χ4v) is 2.74. The number of rotatable bonds is 4. The lowest BCUT2D eigenvalue weighted by atomic mass is 10.2. The van der Waals surface area contributed by atoms with Gasteiger partial charge in [0.15, 0.2) is 5.82 Å². The average molecular weight is 348 g/mol. The molecule has 1 N–H and O–H groups in total. The predicted octanol–water partition coefficient (Wildman–Crippen LogP) is 4.10. The Balaban J connectivity index is 1.72. The summed E-state index contributed by atoms with van der Waals surface area (Å²) in [7, 11) is 0. The van der Waals surface area contributed by atoms with Gasteiger partial charge in [0.05, 0.1) is 17.6 Å². The van der Waals surface area contributed by atoms with Crippen molar-refractivity contribution < 1.29 is 4.39 Å². The van der Waals surface area contributed by atoms with Crippen LogP contribution in [0.25, 0.3) is 22.4 Å². The monoisotopic (exact) mass is 348 g/mol. The third kappa shape index (κ3) is 2.99. The van der Waals surface area contributed by atoms with Crippen LogP contribution in [0.1, 0.15) is 12.6 Å². The Morgan fingerprint density at radius 1 is 1.12 bits per heavy atom. The van der Waals surface area contributed by atoms with Gasteiger partial charge < -0.3 is 5.32 Å². The summed E-state index contributed by atoms with van der Waals surface area (Å²) in [5.74, 6) is -0.395. The van der Waals surface area contributed by atoms with Crippen molar-refractivity contribution in [1.29, 1.82) is 0 Å². The summed E-state index contributed by atoms with van der Waals surface area (Å²) in [4.78, 5) is 12.9. The molecule has 6 nitrogen and oxygen atoms in total. The van der Waals surface area contributed by atoms with E-state index in [-0.39, 0.29) is 5.69 Å². The van der Waals surface area contributed by atoms with E-state index in [0.29, 0.717) is 5.69 Å². The van der Waals surface area contributed by atoms with Crippen LogP contribution in [-0.2, 0) is 6.54 Å². The summed E-state index contributed by atoms with van der Waals surface area (Å²) in [5, 5.41) is 7.86. The van der Waals surface area contributed by atoms with E-state index < -0.39 is 5.82 Å². The maximum Gasteiger partial charge on any atom is 0.151 e. The fraction of sp³-hybridized carbons (Fsp3) is 0.158. The van der Waals surface area contributed by atoms with Crippen molar-refractivity contribution in [2.45, 2.75) is 20.4 Å². The molecular formula is C19H17FN6. The van der Waals surface area contributed by atoms with Gasteiger partial charge in [0.25, 0.3) is 0 Å². The molecule has 0 aromatic carbocycles. The fourth-order valence-electron chi connectivity index (χ4n) is 2.74. The Morgan fingerprint density at radius 2 is 1.96 bits per heavy atom. The zero-order valence-corrected chi connectivity index (χ0v) is 14.4. The number of nitrogens with one attached hydrogen (secondary N) is 1. The van der Waals surface area contributed by atoms with E-state index in [4.69, 9.17) is 0 Å². The van der Waals surface area contributed by atoms with Gasteiger partial charge in [0.2, 0.25) is 0 Å². The molecule has 26 heavy (non-hydrogen) atoms. The van der Waals surface area contributed by atoms with Crippen molar-refractivity contribution in [2.24, 2.45) is 0 Å². The molecule has 4 aromatic rings. The number of pyridine rings is 3. The molecule has 0 amide bonds. The molecule has 0 fully saturated rings. The minimum Gasteiger partial charge on any atom is -0.353 e. The molecule has 0 aliphatic heterocycles. The van der Waals surface area contributed by atoms with Crippen LogP contribution in [0.15, 0.2) is 48.9 Å². The molecule has 0 saturated carbocycles. The van der Waals surface area contributed by atoms with Crippen molar-refractivity contribution in [3.8, 4) is 11.4 Å². The van der Waals surface area contributed by atoms with Gasteiger partial charge in [-0.25, -0.2) is 9.37 Å². The lowest BCUT2D eigenvalue weighted by Gasteiger charge is -2.09. The first kappa shape index (κ1) is 16.1. The third-order valence-electron chi connectivity index (χ3n) is 4.04. The quantitative estimate of drug-likeness (QED) is 0.601. The van der Waals surface area contributed by atoms with E-state index >= 15 is 0 Å². The largest absolute Gasteiger partial charge is 0.353 e. The molecule has 0 unspecified atom stereocenters. The van der Waals surface area contributed by atoms with Crippen LogP contribution in [0.3, 0.4) is 0 Å². The molecule has 0 radical (unpaired) electrons. The Hall–Kier alpha value is -3.35. The molecule has 0 atom stereocenters. The zero-order chi connectivity index (χ0) is 18.1. The minimum atomic E-state index is -0.395. The SMILES string of the molecule is CCn1cc2nccc(Nc3ccnc(-c4nc(C)ccc4F)c3)c2n1. The summed E-state index contributed by atoms with van der Waals surface area (Å²) < 4.78 is 16.0. The Morgan fingerprint density at radius 3 is 2.81 bits per heavy atom. The molecule has 0 saturated heterocycles.